The minimum absolute atomic E-state index is 0.138. The normalized spacial score (nSPS) is 20.9. The van der Waals surface area contributed by atoms with E-state index in [2.05, 4.69) is 6.07 Å². The molecular formula is C48H48O7. The number of rotatable bonds is 17. The lowest BCUT2D eigenvalue weighted by Gasteiger charge is -2.50. The van der Waals surface area contributed by atoms with Crippen molar-refractivity contribution in [2.24, 2.45) is 0 Å². The summed E-state index contributed by atoms with van der Waals surface area (Å²) in [4.78, 5) is 0. The van der Waals surface area contributed by atoms with Gasteiger partial charge in [0.2, 0.25) is 5.79 Å². The molecule has 7 nitrogen and oxygen atoms in total. The van der Waals surface area contributed by atoms with Crippen LogP contribution in [0.4, 0.5) is 0 Å². The molecule has 7 heteroatoms. The number of hydrogen-bond acceptors (Lipinski definition) is 7. The van der Waals surface area contributed by atoms with Crippen molar-refractivity contribution in [3.63, 3.8) is 0 Å². The van der Waals surface area contributed by atoms with Gasteiger partial charge < -0.3 is 33.5 Å². The predicted octanol–water partition coefficient (Wildman–Crippen LogP) is 8.80. The first-order chi connectivity index (χ1) is 27.1. The van der Waals surface area contributed by atoms with Gasteiger partial charge in [0.05, 0.1) is 40.1 Å². The van der Waals surface area contributed by atoms with Crippen molar-refractivity contribution in [2.45, 2.75) is 63.1 Å². The van der Waals surface area contributed by atoms with E-state index >= 15 is 0 Å². The molecule has 5 atom stereocenters. The Morgan fingerprint density at radius 3 is 1.55 bits per heavy atom. The molecule has 5 unspecified atom stereocenters. The van der Waals surface area contributed by atoms with E-state index in [1.807, 2.05) is 164 Å². The molecule has 55 heavy (non-hydrogen) atoms. The van der Waals surface area contributed by atoms with Crippen LogP contribution in [0.1, 0.15) is 38.9 Å². The second kappa shape index (κ2) is 19.0. The van der Waals surface area contributed by atoms with Gasteiger partial charge in [-0.1, -0.05) is 152 Å². The molecule has 0 spiro atoms. The highest BCUT2D eigenvalue weighted by molar-refractivity contribution is 5.35. The third-order valence-corrected chi connectivity index (χ3v) is 9.85. The SMILES string of the molecule is COc1ccc(Cc2cccc(C3(O)OC(COCc4ccccc4)C(OCc4ccccc4)C(OCc4ccccc4)C3OCc3ccccc3)c2)cc1. The van der Waals surface area contributed by atoms with Crippen LogP contribution in [-0.4, -0.2) is 43.2 Å². The van der Waals surface area contributed by atoms with Crippen molar-refractivity contribution in [1.82, 2.24) is 0 Å². The highest BCUT2D eigenvalue weighted by atomic mass is 16.7. The molecule has 7 rings (SSSR count). The summed E-state index contributed by atoms with van der Waals surface area (Å²) in [6.45, 7) is 1.29. The highest BCUT2D eigenvalue weighted by Crippen LogP contribution is 2.42. The fourth-order valence-electron chi connectivity index (χ4n) is 6.97. The summed E-state index contributed by atoms with van der Waals surface area (Å²) < 4.78 is 39.1. The average molecular weight is 737 g/mol. The maximum Gasteiger partial charge on any atom is 0.222 e. The highest BCUT2D eigenvalue weighted by Gasteiger charge is 2.57. The summed E-state index contributed by atoms with van der Waals surface area (Å²) >= 11 is 0. The van der Waals surface area contributed by atoms with E-state index in [1.54, 1.807) is 7.11 Å². The molecule has 0 aliphatic carbocycles. The van der Waals surface area contributed by atoms with E-state index in [0.29, 0.717) is 25.2 Å². The monoisotopic (exact) mass is 736 g/mol. The Kier molecular flexibility index (Phi) is 13.2. The summed E-state index contributed by atoms with van der Waals surface area (Å²) in [6, 6.07) is 55.8. The Hall–Kier alpha value is -5.12. The van der Waals surface area contributed by atoms with Gasteiger partial charge in [-0.3, -0.25) is 0 Å². The first-order valence-corrected chi connectivity index (χ1v) is 18.8. The summed E-state index contributed by atoms with van der Waals surface area (Å²) in [5.41, 5.74) is 6.64. The van der Waals surface area contributed by atoms with E-state index in [1.165, 1.54) is 0 Å². The van der Waals surface area contributed by atoms with Crippen LogP contribution in [0.5, 0.6) is 5.75 Å². The number of benzene rings is 6. The molecule has 6 aromatic rings. The van der Waals surface area contributed by atoms with E-state index in [9.17, 15) is 5.11 Å². The van der Waals surface area contributed by atoms with Crippen LogP contribution in [0.3, 0.4) is 0 Å². The Morgan fingerprint density at radius 2 is 1.00 bits per heavy atom. The molecule has 0 saturated carbocycles. The van der Waals surface area contributed by atoms with Crippen LogP contribution in [0.25, 0.3) is 0 Å². The molecular weight excluding hydrogens is 689 g/mol. The fraction of sp³-hybridized carbons (Fsp3) is 0.250. The van der Waals surface area contributed by atoms with Gasteiger partial charge in [0, 0.05) is 5.56 Å². The second-order valence-electron chi connectivity index (χ2n) is 13.8. The number of hydrogen-bond donors (Lipinski definition) is 1. The third-order valence-electron chi connectivity index (χ3n) is 9.85. The van der Waals surface area contributed by atoms with Gasteiger partial charge >= 0.3 is 0 Å². The van der Waals surface area contributed by atoms with Crippen molar-refractivity contribution in [3.05, 3.63) is 209 Å². The van der Waals surface area contributed by atoms with Gasteiger partial charge in [-0.05, 0) is 58.0 Å². The Bertz CT molecular complexity index is 2010. The summed E-state index contributed by atoms with van der Waals surface area (Å²) in [5.74, 6) is -1.15. The number of ether oxygens (including phenoxy) is 6. The Balaban J connectivity index is 1.27. The van der Waals surface area contributed by atoms with E-state index in [4.69, 9.17) is 28.4 Å². The molecule has 0 amide bonds. The lowest BCUT2D eigenvalue weighted by molar-refractivity contribution is -0.378. The molecule has 0 radical (unpaired) electrons. The van der Waals surface area contributed by atoms with Crippen LogP contribution < -0.4 is 4.74 Å². The van der Waals surface area contributed by atoms with Gasteiger partial charge in [0.25, 0.3) is 0 Å². The van der Waals surface area contributed by atoms with Gasteiger partial charge in [0.1, 0.15) is 30.2 Å². The van der Waals surface area contributed by atoms with Crippen LogP contribution in [0.15, 0.2) is 170 Å². The first kappa shape index (κ1) is 38.2. The molecule has 1 N–H and O–H groups in total. The Morgan fingerprint density at radius 1 is 0.509 bits per heavy atom. The third kappa shape index (κ3) is 10.1. The van der Waals surface area contributed by atoms with E-state index in [0.717, 1.165) is 39.1 Å². The molecule has 1 aliphatic rings. The first-order valence-electron chi connectivity index (χ1n) is 18.8. The zero-order valence-electron chi connectivity index (χ0n) is 31.1. The number of methoxy groups -OCH3 is 1. The maximum atomic E-state index is 13.1. The Labute approximate surface area is 324 Å². The van der Waals surface area contributed by atoms with Crippen LogP contribution in [0.2, 0.25) is 0 Å². The zero-order chi connectivity index (χ0) is 37.7. The topological polar surface area (TPSA) is 75.6 Å². The molecule has 0 bridgehead atoms. The minimum atomic E-state index is -1.95. The smallest absolute Gasteiger partial charge is 0.222 e. The van der Waals surface area contributed by atoms with Crippen LogP contribution >= 0.6 is 0 Å². The largest absolute Gasteiger partial charge is 0.497 e. The van der Waals surface area contributed by atoms with E-state index in [-0.39, 0.29) is 19.8 Å². The van der Waals surface area contributed by atoms with E-state index < -0.39 is 30.2 Å². The summed E-state index contributed by atoms with van der Waals surface area (Å²) in [7, 11) is 1.66. The van der Waals surface area contributed by atoms with Gasteiger partial charge in [0.15, 0.2) is 0 Å². The van der Waals surface area contributed by atoms with Crippen molar-refractivity contribution in [1.29, 1.82) is 0 Å². The van der Waals surface area contributed by atoms with Gasteiger partial charge in [-0.25, -0.2) is 0 Å². The number of aliphatic hydroxyl groups is 1. The zero-order valence-corrected chi connectivity index (χ0v) is 31.1. The molecule has 6 aromatic carbocycles. The van der Waals surface area contributed by atoms with Gasteiger partial charge in [-0.15, -0.1) is 0 Å². The predicted molar refractivity (Wildman–Crippen MR) is 212 cm³/mol. The molecule has 0 aromatic heterocycles. The van der Waals surface area contributed by atoms with Crippen LogP contribution in [0, 0.1) is 0 Å². The summed E-state index contributed by atoms with van der Waals surface area (Å²) in [6.07, 6.45) is -2.55. The molecule has 1 heterocycles. The van der Waals surface area contributed by atoms with Crippen molar-refractivity contribution in [2.75, 3.05) is 13.7 Å². The molecule has 1 aliphatic heterocycles. The van der Waals surface area contributed by atoms with Gasteiger partial charge in [-0.2, -0.15) is 0 Å². The minimum Gasteiger partial charge on any atom is -0.497 e. The fourth-order valence-corrected chi connectivity index (χ4v) is 6.97. The molecule has 282 valence electrons. The second-order valence-corrected chi connectivity index (χ2v) is 13.8. The van der Waals surface area contributed by atoms with Crippen molar-refractivity contribution >= 4 is 0 Å². The molecule has 1 fully saturated rings. The molecule has 1 saturated heterocycles. The lowest BCUT2D eigenvalue weighted by Crippen LogP contribution is -2.65. The maximum absolute atomic E-state index is 13.1. The quantitative estimate of drug-likeness (QED) is 0.100. The van der Waals surface area contributed by atoms with Crippen molar-refractivity contribution in [3.8, 4) is 5.75 Å². The van der Waals surface area contributed by atoms with Crippen molar-refractivity contribution < 1.29 is 33.5 Å². The average Bonchev–Trinajstić information content (AvgIpc) is 3.24. The standard InChI is InChI=1S/C48H48O7/c1-50-43-27-25-36(26-28-43)29-41-23-14-24-42(30-41)48(49)47(54-34-40-21-12-5-13-22-40)46(53-33-39-19-10-4-11-20-39)45(52-32-38-17-8-3-9-18-38)44(55-48)35-51-31-37-15-6-2-7-16-37/h2-28,30,44-47,49H,29,31-35H2,1H3. The summed E-state index contributed by atoms with van der Waals surface area (Å²) in [5, 5.41) is 13.1. The van der Waals surface area contributed by atoms with Crippen LogP contribution in [-0.2, 0) is 62.3 Å². The lowest BCUT2D eigenvalue weighted by atomic mass is 9.86.